The van der Waals surface area contributed by atoms with Crippen LogP contribution >= 0.6 is 0 Å². The Hall–Kier alpha value is -3.41. The number of halogens is 1. The molecule has 0 radical (unpaired) electrons. The molecular weight excluding hydrogens is 371 g/mol. The number of furan rings is 1. The van der Waals surface area contributed by atoms with E-state index in [1.54, 1.807) is 35.2 Å². The highest BCUT2D eigenvalue weighted by molar-refractivity contribution is 5.78. The summed E-state index contributed by atoms with van der Waals surface area (Å²) in [5, 5.41) is 0. The van der Waals surface area contributed by atoms with Gasteiger partial charge in [0.15, 0.2) is 0 Å². The van der Waals surface area contributed by atoms with Crippen LogP contribution in [0.5, 0.6) is 0 Å². The van der Waals surface area contributed by atoms with Gasteiger partial charge in [-0.05, 0) is 29.8 Å². The van der Waals surface area contributed by atoms with Gasteiger partial charge < -0.3 is 15.1 Å². The minimum absolute atomic E-state index is 0.0982. The maximum absolute atomic E-state index is 13.9. The van der Waals surface area contributed by atoms with Crippen molar-refractivity contribution in [1.29, 1.82) is 0 Å². The number of hydrogen-bond acceptors (Lipinski definition) is 3. The second-order valence-electron chi connectivity index (χ2n) is 6.76. The molecule has 5 nitrogen and oxygen atoms in total. The van der Waals surface area contributed by atoms with Gasteiger partial charge in [0.1, 0.15) is 17.3 Å². The van der Waals surface area contributed by atoms with Crippen LogP contribution in [0, 0.1) is 5.82 Å². The van der Waals surface area contributed by atoms with Crippen molar-refractivity contribution in [2.45, 2.75) is 25.8 Å². The normalized spacial score (nSPS) is 10.7. The van der Waals surface area contributed by atoms with Crippen molar-refractivity contribution in [1.82, 2.24) is 4.90 Å². The van der Waals surface area contributed by atoms with Crippen LogP contribution in [-0.4, -0.2) is 23.3 Å². The number of aryl methyl sites for hydroxylation is 1. The Balaban J connectivity index is 1.63. The lowest BCUT2D eigenvalue weighted by atomic mass is 10.1. The van der Waals surface area contributed by atoms with Gasteiger partial charge in [-0.3, -0.25) is 9.59 Å². The molecule has 2 N–H and O–H groups in total. The lowest BCUT2D eigenvalue weighted by Crippen LogP contribution is -2.33. The minimum Gasteiger partial charge on any atom is -0.461 e. The predicted molar refractivity (Wildman–Crippen MR) is 108 cm³/mol. The number of nitrogens with zero attached hydrogens (tertiary/aromatic N) is 1. The standard InChI is InChI=1S/C23H23FN2O3/c24-20-9-5-4-8-19(20)21-12-10-18(29-21)11-13-23(28)26(15-14-22(25)27)16-17-6-2-1-3-7-17/h1-10,12H,11,13-16H2,(H2,25,27). The van der Waals surface area contributed by atoms with Gasteiger partial charge >= 0.3 is 0 Å². The Bertz CT molecular complexity index is 969. The third-order valence-corrected chi connectivity index (χ3v) is 4.58. The van der Waals surface area contributed by atoms with Gasteiger partial charge in [-0.25, -0.2) is 4.39 Å². The SMILES string of the molecule is NC(=O)CCN(Cc1ccccc1)C(=O)CCc1ccc(-c2ccccc2F)o1. The highest BCUT2D eigenvalue weighted by atomic mass is 19.1. The first-order valence-electron chi connectivity index (χ1n) is 9.46. The summed E-state index contributed by atoms with van der Waals surface area (Å²) >= 11 is 0. The summed E-state index contributed by atoms with van der Waals surface area (Å²) in [5.41, 5.74) is 6.61. The van der Waals surface area contributed by atoms with Gasteiger partial charge in [-0.15, -0.1) is 0 Å². The molecule has 0 aliphatic carbocycles. The van der Waals surface area contributed by atoms with Crippen molar-refractivity contribution in [2.24, 2.45) is 5.73 Å². The van der Waals surface area contributed by atoms with Crippen LogP contribution in [0.3, 0.4) is 0 Å². The molecule has 150 valence electrons. The molecule has 0 aliphatic heterocycles. The van der Waals surface area contributed by atoms with Gasteiger partial charge in [-0.2, -0.15) is 0 Å². The molecule has 0 spiro atoms. The zero-order valence-electron chi connectivity index (χ0n) is 16.0. The van der Waals surface area contributed by atoms with Crippen molar-refractivity contribution in [3.63, 3.8) is 0 Å². The maximum Gasteiger partial charge on any atom is 0.223 e. The first kappa shape index (κ1) is 20.3. The molecule has 0 aliphatic rings. The molecule has 0 unspecified atom stereocenters. The van der Waals surface area contributed by atoms with Crippen molar-refractivity contribution < 1.29 is 18.4 Å². The van der Waals surface area contributed by atoms with E-state index < -0.39 is 5.91 Å². The zero-order valence-corrected chi connectivity index (χ0v) is 16.0. The van der Waals surface area contributed by atoms with E-state index in [0.29, 0.717) is 30.0 Å². The van der Waals surface area contributed by atoms with Crippen LogP contribution in [0.4, 0.5) is 4.39 Å². The fourth-order valence-electron chi connectivity index (χ4n) is 3.05. The summed E-state index contributed by atoms with van der Waals surface area (Å²) in [6.07, 6.45) is 0.710. The first-order chi connectivity index (χ1) is 14.0. The maximum atomic E-state index is 13.9. The van der Waals surface area contributed by atoms with Crippen molar-refractivity contribution in [3.8, 4) is 11.3 Å². The third-order valence-electron chi connectivity index (χ3n) is 4.58. The van der Waals surface area contributed by atoms with Gasteiger partial charge in [0, 0.05) is 32.4 Å². The molecule has 29 heavy (non-hydrogen) atoms. The lowest BCUT2D eigenvalue weighted by Gasteiger charge is -2.22. The summed E-state index contributed by atoms with van der Waals surface area (Å²) in [6, 6.07) is 19.4. The molecule has 0 atom stereocenters. The van der Waals surface area contributed by atoms with Crippen LogP contribution in [0.15, 0.2) is 71.1 Å². The summed E-state index contributed by atoms with van der Waals surface area (Å²) < 4.78 is 19.6. The molecule has 3 aromatic rings. The van der Waals surface area contributed by atoms with Crippen LogP contribution in [0.25, 0.3) is 11.3 Å². The molecule has 1 heterocycles. The van der Waals surface area contributed by atoms with Crippen LogP contribution in [-0.2, 0) is 22.6 Å². The number of primary amides is 1. The van der Waals surface area contributed by atoms with E-state index in [9.17, 15) is 14.0 Å². The van der Waals surface area contributed by atoms with Gasteiger partial charge in [0.05, 0.1) is 5.56 Å². The van der Waals surface area contributed by atoms with E-state index in [1.807, 2.05) is 30.3 Å². The van der Waals surface area contributed by atoms with E-state index >= 15 is 0 Å². The zero-order chi connectivity index (χ0) is 20.6. The fourth-order valence-corrected chi connectivity index (χ4v) is 3.05. The topological polar surface area (TPSA) is 76.5 Å². The molecule has 3 rings (SSSR count). The molecule has 2 amide bonds. The van der Waals surface area contributed by atoms with E-state index in [2.05, 4.69) is 0 Å². The van der Waals surface area contributed by atoms with Gasteiger partial charge in [-0.1, -0.05) is 42.5 Å². The second-order valence-corrected chi connectivity index (χ2v) is 6.76. The monoisotopic (exact) mass is 394 g/mol. The summed E-state index contributed by atoms with van der Waals surface area (Å²) in [6.45, 7) is 0.674. The number of rotatable bonds is 9. The lowest BCUT2D eigenvalue weighted by molar-refractivity contribution is -0.132. The largest absolute Gasteiger partial charge is 0.461 e. The van der Waals surface area contributed by atoms with Crippen molar-refractivity contribution in [3.05, 3.63) is 83.9 Å². The van der Waals surface area contributed by atoms with Gasteiger partial charge in [0.2, 0.25) is 11.8 Å². The number of hydrogen-bond donors (Lipinski definition) is 1. The molecule has 0 fully saturated rings. The van der Waals surface area contributed by atoms with Crippen molar-refractivity contribution in [2.75, 3.05) is 6.54 Å². The average molecular weight is 394 g/mol. The molecular formula is C23H23FN2O3. The Labute approximate surface area is 168 Å². The Morgan fingerprint density at radius 2 is 1.66 bits per heavy atom. The molecule has 2 aromatic carbocycles. The molecule has 6 heteroatoms. The molecule has 0 saturated heterocycles. The highest BCUT2D eigenvalue weighted by Crippen LogP contribution is 2.25. The van der Waals surface area contributed by atoms with Crippen LogP contribution in [0.1, 0.15) is 24.2 Å². The van der Waals surface area contributed by atoms with E-state index in [-0.39, 0.29) is 31.1 Å². The number of amides is 2. The predicted octanol–water partition coefficient (Wildman–Crippen LogP) is 3.92. The van der Waals surface area contributed by atoms with Gasteiger partial charge in [0.25, 0.3) is 0 Å². The fraction of sp³-hybridized carbons (Fsp3) is 0.217. The number of carbonyl (C=O) groups excluding carboxylic acids is 2. The second kappa shape index (κ2) is 9.68. The van der Waals surface area contributed by atoms with Crippen LogP contribution < -0.4 is 5.73 Å². The number of nitrogens with two attached hydrogens (primary N) is 1. The summed E-state index contributed by atoms with van der Waals surface area (Å²) in [4.78, 5) is 25.5. The highest BCUT2D eigenvalue weighted by Gasteiger charge is 2.16. The molecule has 1 aromatic heterocycles. The number of carbonyl (C=O) groups is 2. The Kier molecular flexibility index (Phi) is 6.79. The first-order valence-corrected chi connectivity index (χ1v) is 9.46. The minimum atomic E-state index is -0.448. The summed E-state index contributed by atoms with van der Waals surface area (Å²) in [7, 11) is 0. The Morgan fingerprint density at radius 1 is 0.931 bits per heavy atom. The van der Waals surface area contributed by atoms with E-state index in [1.165, 1.54) is 6.07 Å². The average Bonchev–Trinajstić information content (AvgIpc) is 3.19. The number of benzene rings is 2. The quantitative estimate of drug-likeness (QED) is 0.598. The van der Waals surface area contributed by atoms with E-state index in [0.717, 1.165) is 5.56 Å². The Morgan fingerprint density at radius 3 is 2.38 bits per heavy atom. The van der Waals surface area contributed by atoms with E-state index in [4.69, 9.17) is 10.2 Å². The van der Waals surface area contributed by atoms with Crippen molar-refractivity contribution >= 4 is 11.8 Å². The third kappa shape index (κ3) is 5.78. The molecule has 0 saturated carbocycles. The smallest absolute Gasteiger partial charge is 0.223 e. The summed E-state index contributed by atoms with van der Waals surface area (Å²) in [5.74, 6) is 0.131. The molecule has 0 bridgehead atoms. The van der Waals surface area contributed by atoms with Crippen LogP contribution in [0.2, 0.25) is 0 Å².